The summed E-state index contributed by atoms with van der Waals surface area (Å²) in [7, 11) is 3.36. The first kappa shape index (κ1) is 12.8. The Morgan fingerprint density at radius 3 is 2.21 bits per heavy atom. The highest BCUT2D eigenvalue weighted by Crippen LogP contribution is 2.44. The van der Waals surface area contributed by atoms with E-state index in [1.54, 1.807) is 14.2 Å². The molecule has 0 amide bonds. The molecule has 3 heteroatoms. The number of nitrogens with one attached hydrogen (secondary N) is 1. The Morgan fingerprint density at radius 2 is 1.68 bits per heavy atom. The van der Waals surface area contributed by atoms with E-state index in [0.717, 1.165) is 35.9 Å². The van der Waals surface area contributed by atoms with Crippen molar-refractivity contribution in [3.05, 3.63) is 23.8 Å². The SMILES string of the molecule is COc1ccc(CNC(C2CC2)C2CC2)cc1OC. The molecule has 0 aromatic heterocycles. The lowest BCUT2D eigenvalue weighted by molar-refractivity contribution is 0.354. The maximum Gasteiger partial charge on any atom is 0.161 e. The van der Waals surface area contributed by atoms with Crippen molar-refractivity contribution in [1.82, 2.24) is 5.32 Å². The Hall–Kier alpha value is -1.22. The van der Waals surface area contributed by atoms with Gasteiger partial charge in [-0.3, -0.25) is 0 Å². The Labute approximate surface area is 115 Å². The molecule has 1 aromatic rings. The van der Waals surface area contributed by atoms with Gasteiger partial charge in [-0.05, 0) is 55.2 Å². The monoisotopic (exact) mass is 261 g/mol. The summed E-state index contributed by atoms with van der Waals surface area (Å²) in [6, 6.07) is 6.92. The minimum Gasteiger partial charge on any atom is -0.493 e. The van der Waals surface area contributed by atoms with E-state index in [4.69, 9.17) is 9.47 Å². The van der Waals surface area contributed by atoms with Crippen LogP contribution in [0.1, 0.15) is 31.2 Å². The summed E-state index contributed by atoms with van der Waals surface area (Å²) < 4.78 is 10.6. The molecule has 104 valence electrons. The van der Waals surface area contributed by atoms with Crippen LogP contribution in [0, 0.1) is 11.8 Å². The van der Waals surface area contributed by atoms with Crippen LogP contribution < -0.4 is 14.8 Å². The second kappa shape index (κ2) is 5.41. The zero-order valence-electron chi connectivity index (χ0n) is 11.8. The third-order valence-electron chi connectivity index (χ3n) is 4.25. The molecule has 0 saturated heterocycles. The van der Waals surface area contributed by atoms with E-state index in [2.05, 4.69) is 17.4 Å². The Bertz CT molecular complexity index is 426. The van der Waals surface area contributed by atoms with Gasteiger partial charge >= 0.3 is 0 Å². The molecule has 1 aromatic carbocycles. The van der Waals surface area contributed by atoms with Crippen molar-refractivity contribution < 1.29 is 9.47 Å². The molecule has 3 nitrogen and oxygen atoms in total. The van der Waals surface area contributed by atoms with Gasteiger partial charge in [-0.2, -0.15) is 0 Å². The summed E-state index contributed by atoms with van der Waals surface area (Å²) in [5, 5.41) is 3.75. The predicted octanol–water partition coefficient (Wildman–Crippen LogP) is 2.98. The summed E-state index contributed by atoms with van der Waals surface area (Å²) >= 11 is 0. The molecule has 0 aliphatic heterocycles. The number of hydrogen-bond donors (Lipinski definition) is 1. The molecule has 0 heterocycles. The molecule has 2 fully saturated rings. The number of rotatable bonds is 7. The van der Waals surface area contributed by atoms with Crippen LogP contribution in [0.25, 0.3) is 0 Å². The summed E-state index contributed by atoms with van der Waals surface area (Å²) in [5.41, 5.74) is 1.27. The standard InChI is InChI=1S/C16H23NO2/c1-18-14-8-3-11(9-15(14)19-2)10-17-16(12-4-5-12)13-6-7-13/h3,8-9,12-13,16-17H,4-7,10H2,1-2H3. The molecule has 19 heavy (non-hydrogen) atoms. The van der Waals surface area contributed by atoms with Crippen LogP contribution in [0.4, 0.5) is 0 Å². The molecule has 0 radical (unpaired) electrons. The zero-order valence-corrected chi connectivity index (χ0v) is 11.8. The highest BCUT2D eigenvalue weighted by Gasteiger charge is 2.40. The summed E-state index contributed by atoms with van der Waals surface area (Å²) in [5.74, 6) is 3.49. The topological polar surface area (TPSA) is 30.5 Å². The van der Waals surface area contributed by atoms with Gasteiger partial charge < -0.3 is 14.8 Å². The molecule has 2 aliphatic carbocycles. The minimum atomic E-state index is 0.744. The first-order valence-corrected chi connectivity index (χ1v) is 7.26. The fraction of sp³-hybridized carbons (Fsp3) is 0.625. The lowest BCUT2D eigenvalue weighted by atomic mass is 10.1. The fourth-order valence-corrected chi connectivity index (χ4v) is 2.86. The molecule has 2 aliphatic rings. The van der Waals surface area contributed by atoms with E-state index >= 15 is 0 Å². The van der Waals surface area contributed by atoms with E-state index in [1.807, 2.05) is 6.07 Å². The van der Waals surface area contributed by atoms with Gasteiger partial charge in [-0.15, -0.1) is 0 Å². The van der Waals surface area contributed by atoms with Crippen LogP contribution in [0.15, 0.2) is 18.2 Å². The van der Waals surface area contributed by atoms with Crippen molar-refractivity contribution in [2.45, 2.75) is 38.3 Å². The summed E-state index contributed by atoms with van der Waals surface area (Å²) in [4.78, 5) is 0. The van der Waals surface area contributed by atoms with Gasteiger partial charge in [0.15, 0.2) is 11.5 Å². The van der Waals surface area contributed by atoms with Crippen molar-refractivity contribution >= 4 is 0 Å². The highest BCUT2D eigenvalue weighted by atomic mass is 16.5. The van der Waals surface area contributed by atoms with Crippen molar-refractivity contribution in [3.8, 4) is 11.5 Å². The van der Waals surface area contributed by atoms with Crippen LogP contribution >= 0.6 is 0 Å². The van der Waals surface area contributed by atoms with Crippen molar-refractivity contribution in [3.63, 3.8) is 0 Å². The number of ether oxygens (including phenoxy) is 2. The van der Waals surface area contributed by atoms with Crippen LogP contribution in [0.3, 0.4) is 0 Å². The smallest absolute Gasteiger partial charge is 0.161 e. The molecule has 1 N–H and O–H groups in total. The van der Waals surface area contributed by atoms with Gasteiger partial charge in [0.25, 0.3) is 0 Å². The molecule has 3 rings (SSSR count). The maximum atomic E-state index is 5.35. The Morgan fingerprint density at radius 1 is 1.05 bits per heavy atom. The van der Waals surface area contributed by atoms with Crippen LogP contribution in [0.2, 0.25) is 0 Å². The first-order valence-electron chi connectivity index (χ1n) is 7.26. The average Bonchev–Trinajstić information content (AvgIpc) is 3.31. The zero-order chi connectivity index (χ0) is 13.2. The molecular formula is C16H23NO2. The van der Waals surface area contributed by atoms with E-state index in [1.165, 1.54) is 31.2 Å². The van der Waals surface area contributed by atoms with Crippen molar-refractivity contribution in [1.29, 1.82) is 0 Å². The third-order valence-corrected chi connectivity index (χ3v) is 4.25. The Kier molecular flexibility index (Phi) is 3.65. The molecule has 0 unspecified atom stereocenters. The fourth-order valence-electron chi connectivity index (χ4n) is 2.86. The van der Waals surface area contributed by atoms with E-state index in [-0.39, 0.29) is 0 Å². The van der Waals surface area contributed by atoms with Gasteiger partial charge in [0.2, 0.25) is 0 Å². The summed E-state index contributed by atoms with van der Waals surface area (Å²) in [6.07, 6.45) is 5.67. The molecule has 0 spiro atoms. The second-order valence-electron chi connectivity index (χ2n) is 5.77. The lowest BCUT2D eigenvalue weighted by Gasteiger charge is -2.18. The van der Waals surface area contributed by atoms with Gasteiger partial charge in [0.1, 0.15) is 0 Å². The first-order chi connectivity index (χ1) is 9.31. The van der Waals surface area contributed by atoms with Gasteiger partial charge in [-0.25, -0.2) is 0 Å². The van der Waals surface area contributed by atoms with Crippen molar-refractivity contribution in [2.24, 2.45) is 11.8 Å². The minimum absolute atomic E-state index is 0.744. The lowest BCUT2D eigenvalue weighted by Crippen LogP contribution is -2.32. The molecule has 2 saturated carbocycles. The molecular weight excluding hydrogens is 238 g/mol. The predicted molar refractivity (Wildman–Crippen MR) is 75.6 cm³/mol. The average molecular weight is 261 g/mol. The van der Waals surface area contributed by atoms with Gasteiger partial charge in [0.05, 0.1) is 14.2 Å². The summed E-state index contributed by atoms with van der Waals surface area (Å²) in [6.45, 7) is 0.929. The van der Waals surface area contributed by atoms with Gasteiger partial charge in [-0.1, -0.05) is 6.07 Å². The second-order valence-corrected chi connectivity index (χ2v) is 5.77. The maximum absolute atomic E-state index is 5.35. The normalized spacial score (nSPS) is 18.7. The van der Waals surface area contributed by atoms with Crippen LogP contribution in [-0.4, -0.2) is 20.3 Å². The number of benzene rings is 1. The molecule has 0 atom stereocenters. The van der Waals surface area contributed by atoms with E-state index in [0.29, 0.717) is 0 Å². The largest absolute Gasteiger partial charge is 0.493 e. The molecule has 0 bridgehead atoms. The Balaban J connectivity index is 1.62. The van der Waals surface area contributed by atoms with Crippen LogP contribution in [-0.2, 0) is 6.54 Å². The third kappa shape index (κ3) is 3.03. The van der Waals surface area contributed by atoms with Gasteiger partial charge in [0, 0.05) is 12.6 Å². The van der Waals surface area contributed by atoms with Crippen LogP contribution in [0.5, 0.6) is 11.5 Å². The van der Waals surface area contributed by atoms with E-state index < -0.39 is 0 Å². The quantitative estimate of drug-likeness (QED) is 0.818. The number of hydrogen-bond acceptors (Lipinski definition) is 3. The number of methoxy groups -OCH3 is 2. The van der Waals surface area contributed by atoms with E-state index in [9.17, 15) is 0 Å². The van der Waals surface area contributed by atoms with Crippen molar-refractivity contribution in [2.75, 3.05) is 14.2 Å². The highest BCUT2D eigenvalue weighted by molar-refractivity contribution is 5.42.